The molecule has 1 N–H and O–H groups in total. The summed E-state index contributed by atoms with van der Waals surface area (Å²) in [5.41, 5.74) is 1.13. The van der Waals surface area contributed by atoms with Crippen molar-refractivity contribution in [1.82, 2.24) is 4.90 Å². The van der Waals surface area contributed by atoms with Gasteiger partial charge in [-0.25, -0.2) is 0 Å². The number of aryl methyl sites for hydroxylation is 1. The molecule has 7 heteroatoms. The number of carbonyl (C=O) groups is 1. The molecule has 1 saturated carbocycles. The van der Waals surface area contributed by atoms with E-state index in [-0.39, 0.29) is 40.9 Å². The van der Waals surface area contributed by atoms with E-state index in [0.29, 0.717) is 52.0 Å². The molecule has 0 radical (unpaired) electrons. The zero-order valence-electron chi connectivity index (χ0n) is 19.7. The molecule has 4 aliphatic rings. The maximum absolute atomic E-state index is 14.2. The fourth-order valence-corrected chi connectivity index (χ4v) is 7.57. The van der Waals surface area contributed by atoms with Crippen molar-refractivity contribution in [2.45, 2.75) is 64.0 Å². The number of amides is 1. The first-order valence-corrected chi connectivity index (χ1v) is 12.7. The Morgan fingerprint density at radius 2 is 2.00 bits per heavy atom. The third-order valence-corrected chi connectivity index (χ3v) is 9.02. The Kier molecular flexibility index (Phi) is 6.20. The van der Waals surface area contributed by atoms with Crippen molar-refractivity contribution in [1.29, 1.82) is 0 Å². The van der Waals surface area contributed by atoms with Crippen LogP contribution < -0.4 is 0 Å². The number of hydrogen-bond donors (Lipinski definition) is 1. The molecule has 0 aromatic heterocycles. The number of aromatic hydroxyl groups is 1. The van der Waals surface area contributed by atoms with Gasteiger partial charge in [-0.1, -0.05) is 19.1 Å². The number of morpholine rings is 1. The van der Waals surface area contributed by atoms with Gasteiger partial charge >= 0.3 is 6.18 Å². The predicted molar refractivity (Wildman–Crippen MR) is 122 cm³/mol. The van der Waals surface area contributed by atoms with E-state index in [4.69, 9.17) is 4.74 Å². The van der Waals surface area contributed by atoms with E-state index in [2.05, 4.69) is 0 Å². The van der Waals surface area contributed by atoms with Gasteiger partial charge in [0.2, 0.25) is 5.91 Å². The summed E-state index contributed by atoms with van der Waals surface area (Å²) in [6, 6.07) is 5.51. The predicted octanol–water partition coefficient (Wildman–Crippen LogP) is 5.60. The Balaban J connectivity index is 1.36. The number of fused-ring (bicyclic) bond motifs is 5. The molecule has 2 fully saturated rings. The molecule has 34 heavy (non-hydrogen) atoms. The van der Waals surface area contributed by atoms with Crippen molar-refractivity contribution in [3.63, 3.8) is 0 Å². The first-order chi connectivity index (χ1) is 16.2. The molecule has 1 aromatic carbocycles. The number of halogens is 3. The van der Waals surface area contributed by atoms with Crippen molar-refractivity contribution in [2.75, 3.05) is 26.3 Å². The first kappa shape index (κ1) is 23.7. The van der Waals surface area contributed by atoms with Crippen LogP contribution in [0.4, 0.5) is 13.2 Å². The maximum Gasteiger partial charge on any atom is 0.412 e. The highest BCUT2D eigenvalue weighted by Gasteiger charge is 2.60. The van der Waals surface area contributed by atoms with Gasteiger partial charge < -0.3 is 14.7 Å². The number of ether oxygens (including phenoxy) is 1. The fourth-order valence-electron chi connectivity index (χ4n) is 7.57. The molecule has 4 nitrogen and oxygen atoms in total. The summed E-state index contributed by atoms with van der Waals surface area (Å²) >= 11 is 0. The third-order valence-electron chi connectivity index (χ3n) is 9.02. The number of benzene rings is 1. The minimum Gasteiger partial charge on any atom is -0.508 e. The molecule has 1 aliphatic heterocycles. The van der Waals surface area contributed by atoms with Crippen molar-refractivity contribution < 1.29 is 27.8 Å². The van der Waals surface area contributed by atoms with Crippen LogP contribution in [0.2, 0.25) is 0 Å². The average Bonchev–Trinajstić information content (AvgIpc) is 3.12. The molecule has 3 aliphatic carbocycles. The lowest BCUT2D eigenvalue weighted by Crippen LogP contribution is -2.45. The highest BCUT2D eigenvalue weighted by molar-refractivity contribution is 5.76. The highest BCUT2D eigenvalue weighted by atomic mass is 19.4. The third kappa shape index (κ3) is 4.14. The Morgan fingerprint density at radius 1 is 1.24 bits per heavy atom. The van der Waals surface area contributed by atoms with Crippen molar-refractivity contribution >= 4 is 5.91 Å². The molecule has 1 amide bonds. The molecule has 0 bridgehead atoms. The first-order valence-electron chi connectivity index (χ1n) is 12.7. The topological polar surface area (TPSA) is 49.8 Å². The second-order valence-corrected chi connectivity index (χ2v) is 10.8. The van der Waals surface area contributed by atoms with E-state index in [1.54, 1.807) is 6.07 Å². The quantitative estimate of drug-likeness (QED) is 0.574. The molecule has 1 aromatic rings. The molecule has 0 spiro atoms. The largest absolute Gasteiger partial charge is 0.508 e. The summed E-state index contributed by atoms with van der Waals surface area (Å²) in [6.07, 6.45) is 1.71. The second kappa shape index (κ2) is 8.89. The van der Waals surface area contributed by atoms with Gasteiger partial charge in [-0.05, 0) is 85.5 Å². The number of nitrogens with zero attached hydrogens (tertiary/aromatic N) is 1. The number of allylic oxidation sites excluding steroid dienone is 2. The van der Waals surface area contributed by atoms with Crippen molar-refractivity contribution in [2.24, 2.45) is 23.2 Å². The van der Waals surface area contributed by atoms with Crippen LogP contribution >= 0.6 is 0 Å². The number of alkyl halides is 3. The molecular formula is C27H34F3NO3. The van der Waals surface area contributed by atoms with Crippen LogP contribution in [0.25, 0.3) is 0 Å². The second-order valence-electron chi connectivity index (χ2n) is 10.8. The summed E-state index contributed by atoms with van der Waals surface area (Å²) in [5.74, 6) is 0.529. The molecular weight excluding hydrogens is 443 g/mol. The monoisotopic (exact) mass is 477 g/mol. The van der Waals surface area contributed by atoms with Crippen LogP contribution in [0.5, 0.6) is 5.75 Å². The number of phenols is 1. The Hall–Kier alpha value is -2.02. The maximum atomic E-state index is 14.2. The Labute approximate surface area is 199 Å². The van der Waals surface area contributed by atoms with Crippen LogP contribution in [0, 0.1) is 23.2 Å². The van der Waals surface area contributed by atoms with E-state index in [9.17, 15) is 23.1 Å². The molecule has 186 valence electrons. The van der Waals surface area contributed by atoms with Crippen LogP contribution in [-0.4, -0.2) is 48.4 Å². The highest BCUT2D eigenvalue weighted by Crippen LogP contribution is 2.65. The summed E-state index contributed by atoms with van der Waals surface area (Å²) in [7, 11) is 0. The molecule has 2 unspecified atom stereocenters. The van der Waals surface area contributed by atoms with Crippen LogP contribution in [-0.2, 0) is 16.0 Å². The van der Waals surface area contributed by atoms with Gasteiger partial charge in [0.1, 0.15) is 5.75 Å². The lowest BCUT2D eigenvalue weighted by Gasteiger charge is -2.52. The SMILES string of the molecule is C[C@]12CC[C@@H]3c4ccc(O)cc4CC[C@H]3C1C(CCCC(=O)N1CCOCC1)C=C2C(F)(F)F. The van der Waals surface area contributed by atoms with Crippen LogP contribution in [0.1, 0.15) is 62.5 Å². The molecule has 5 rings (SSSR count). The molecule has 1 saturated heterocycles. The molecule has 1 heterocycles. The number of rotatable bonds is 4. The Bertz CT molecular complexity index is 968. The van der Waals surface area contributed by atoms with Crippen molar-refractivity contribution in [3.8, 4) is 5.75 Å². The average molecular weight is 478 g/mol. The standard InChI is InChI=1S/C27H34F3NO3/c1-26-10-9-21-20-8-6-19(32)15-17(20)5-7-22(21)25(26)18(16-23(26)27(28,29)30)3-2-4-24(33)31-11-13-34-14-12-31/h6,8,15-16,18,21-22,25,32H,2-5,7,9-14H2,1H3/t18?,21-,22-,25?,26-/m1/s1. The summed E-state index contributed by atoms with van der Waals surface area (Å²) in [4.78, 5) is 14.4. The number of phenolic OH excluding ortho intramolecular Hbond substituents is 1. The van der Waals surface area contributed by atoms with Crippen LogP contribution in [0.15, 0.2) is 29.8 Å². The lowest BCUT2D eigenvalue weighted by molar-refractivity contribution is -0.135. The lowest BCUT2D eigenvalue weighted by atomic mass is 9.52. The number of hydrogen-bond acceptors (Lipinski definition) is 3. The zero-order valence-corrected chi connectivity index (χ0v) is 19.7. The Morgan fingerprint density at radius 3 is 2.74 bits per heavy atom. The van der Waals surface area contributed by atoms with Gasteiger partial charge in [-0.15, -0.1) is 0 Å². The fraction of sp³-hybridized carbons (Fsp3) is 0.667. The van der Waals surface area contributed by atoms with Crippen molar-refractivity contribution in [3.05, 3.63) is 41.0 Å². The minimum absolute atomic E-state index is 0.0664. The van der Waals surface area contributed by atoms with E-state index in [1.807, 2.05) is 24.0 Å². The van der Waals surface area contributed by atoms with Gasteiger partial charge in [0.15, 0.2) is 0 Å². The van der Waals surface area contributed by atoms with Gasteiger partial charge in [0.25, 0.3) is 0 Å². The van der Waals surface area contributed by atoms with Gasteiger partial charge in [-0.2, -0.15) is 13.2 Å². The van der Waals surface area contributed by atoms with Gasteiger partial charge in [0, 0.05) is 30.5 Å². The van der Waals surface area contributed by atoms with E-state index >= 15 is 0 Å². The van der Waals surface area contributed by atoms with E-state index < -0.39 is 11.6 Å². The normalized spacial score (nSPS) is 33.1. The summed E-state index contributed by atoms with van der Waals surface area (Å²) in [6.45, 7) is 4.13. The van der Waals surface area contributed by atoms with Crippen LogP contribution in [0.3, 0.4) is 0 Å². The number of carbonyl (C=O) groups excluding carboxylic acids is 1. The smallest absolute Gasteiger partial charge is 0.412 e. The van der Waals surface area contributed by atoms with Gasteiger partial charge in [0.05, 0.1) is 13.2 Å². The minimum atomic E-state index is -4.32. The zero-order chi connectivity index (χ0) is 24.1. The summed E-state index contributed by atoms with van der Waals surface area (Å²) in [5, 5.41) is 9.91. The molecule has 5 atom stereocenters. The van der Waals surface area contributed by atoms with E-state index in [0.717, 1.165) is 24.8 Å². The van der Waals surface area contributed by atoms with Gasteiger partial charge in [-0.3, -0.25) is 4.79 Å². The summed E-state index contributed by atoms with van der Waals surface area (Å²) < 4.78 is 47.9. The van der Waals surface area contributed by atoms with E-state index in [1.165, 1.54) is 11.6 Å².